The van der Waals surface area contributed by atoms with Crippen molar-refractivity contribution in [3.8, 4) is 0 Å². The summed E-state index contributed by atoms with van der Waals surface area (Å²) in [5.74, 6) is -0.665. The van der Waals surface area contributed by atoms with Gasteiger partial charge in [0.15, 0.2) is 0 Å². The van der Waals surface area contributed by atoms with E-state index in [9.17, 15) is 14.0 Å². The van der Waals surface area contributed by atoms with Gasteiger partial charge >= 0.3 is 0 Å². The number of hydrogen-bond acceptors (Lipinski definition) is 2. The first kappa shape index (κ1) is 14.8. The number of H-pyrrole nitrogens is 1. The molecule has 114 valence electrons. The quantitative estimate of drug-likeness (QED) is 0.924. The molecule has 1 saturated heterocycles. The van der Waals surface area contributed by atoms with E-state index in [2.05, 4.69) is 4.98 Å². The van der Waals surface area contributed by atoms with Crippen LogP contribution in [0, 0.1) is 5.82 Å². The first-order chi connectivity index (χ1) is 10.6. The predicted octanol–water partition coefficient (Wildman–Crippen LogP) is 3.14. The van der Waals surface area contributed by atoms with Gasteiger partial charge in [0.2, 0.25) is 0 Å². The summed E-state index contributed by atoms with van der Waals surface area (Å²) in [7, 11) is 0. The number of aromatic nitrogens is 1. The van der Waals surface area contributed by atoms with E-state index in [1.54, 1.807) is 17.0 Å². The summed E-state index contributed by atoms with van der Waals surface area (Å²) in [6, 6.07) is 7.33. The van der Waals surface area contributed by atoms with Gasteiger partial charge in [-0.05, 0) is 36.6 Å². The molecule has 1 aromatic carbocycles. The Labute approximate surface area is 131 Å². The lowest BCUT2D eigenvalue weighted by molar-refractivity contribution is 0.0734. The lowest BCUT2D eigenvalue weighted by Crippen LogP contribution is -2.34. The molecule has 0 saturated carbocycles. The topological polar surface area (TPSA) is 53.2 Å². The lowest BCUT2D eigenvalue weighted by atomic mass is 10.0. The van der Waals surface area contributed by atoms with Crippen molar-refractivity contribution >= 4 is 17.5 Å². The molecule has 22 heavy (non-hydrogen) atoms. The number of likely N-dealkylation sites (tertiary alicyclic amines) is 1. The standard InChI is InChI=1S/C16H14ClFN2O2/c17-11-8-13(15(21)19-9-11)16(22)20-7-1-2-14(20)10-3-5-12(18)6-4-10/h3-6,8-9,14H,1-2,7H2,(H,19,21). The number of nitrogens with one attached hydrogen (secondary N) is 1. The summed E-state index contributed by atoms with van der Waals surface area (Å²) in [6.07, 6.45) is 2.98. The van der Waals surface area contributed by atoms with Crippen LogP contribution in [0.1, 0.15) is 34.8 Å². The summed E-state index contributed by atoms with van der Waals surface area (Å²) in [5, 5.41) is 0.306. The summed E-state index contributed by atoms with van der Waals surface area (Å²) < 4.78 is 13.1. The number of amides is 1. The molecule has 1 amide bonds. The average Bonchev–Trinajstić information content (AvgIpc) is 2.99. The van der Waals surface area contributed by atoms with Crippen LogP contribution in [0.15, 0.2) is 41.3 Å². The van der Waals surface area contributed by atoms with Gasteiger partial charge in [0.25, 0.3) is 11.5 Å². The molecule has 1 aliphatic heterocycles. The first-order valence-electron chi connectivity index (χ1n) is 7.01. The molecule has 3 rings (SSSR count). The highest BCUT2D eigenvalue weighted by Crippen LogP contribution is 2.32. The van der Waals surface area contributed by atoms with E-state index in [1.807, 2.05) is 0 Å². The molecule has 2 heterocycles. The maximum Gasteiger partial charge on any atom is 0.260 e. The van der Waals surface area contributed by atoms with Crippen LogP contribution in [0.5, 0.6) is 0 Å². The molecule has 6 heteroatoms. The van der Waals surface area contributed by atoms with Crippen LogP contribution >= 0.6 is 11.6 Å². The van der Waals surface area contributed by atoms with Crippen molar-refractivity contribution in [3.63, 3.8) is 0 Å². The van der Waals surface area contributed by atoms with Crippen molar-refractivity contribution in [2.24, 2.45) is 0 Å². The molecular formula is C16H14ClFN2O2. The van der Waals surface area contributed by atoms with E-state index < -0.39 is 5.56 Å². The van der Waals surface area contributed by atoms with Gasteiger partial charge in [0.1, 0.15) is 11.4 Å². The number of halogens is 2. The third-order valence-corrected chi connectivity index (χ3v) is 4.09. The molecule has 2 aromatic rings. The Morgan fingerprint density at radius 3 is 2.77 bits per heavy atom. The third kappa shape index (κ3) is 2.76. The van der Waals surface area contributed by atoms with E-state index >= 15 is 0 Å². The number of carbonyl (C=O) groups excluding carboxylic acids is 1. The fraction of sp³-hybridized carbons (Fsp3) is 0.250. The second-order valence-corrected chi connectivity index (χ2v) is 5.71. The molecular weight excluding hydrogens is 307 g/mol. The van der Waals surface area contributed by atoms with Gasteiger partial charge < -0.3 is 9.88 Å². The fourth-order valence-electron chi connectivity index (χ4n) is 2.81. The molecule has 1 fully saturated rings. The van der Waals surface area contributed by atoms with Gasteiger partial charge in [0, 0.05) is 12.7 Å². The van der Waals surface area contributed by atoms with Gasteiger partial charge in [-0.1, -0.05) is 23.7 Å². The van der Waals surface area contributed by atoms with Crippen molar-refractivity contribution in [2.75, 3.05) is 6.54 Å². The van der Waals surface area contributed by atoms with E-state index in [0.29, 0.717) is 11.6 Å². The monoisotopic (exact) mass is 320 g/mol. The van der Waals surface area contributed by atoms with Gasteiger partial charge in [0.05, 0.1) is 11.1 Å². The lowest BCUT2D eigenvalue weighted by Gasteiger charge is -2.25. The molecule has 1 atom stereocenters. The summed E-state index contributed by atoms with van der Waals surface area (Å²) >= 11 is 5.86. The normalized spacial score (nSPS) is 17.7. The van der Waals surface area contributed by atoms with E-state index in [-0.39, 0.29) is 23.3 Å². The number of hydrogen-bond donors (Lipinski definition) is 1. The van der Waals surface area contributed by atoms with Gasteiger partial charge in [-0.15, -0.1) is 0 Å². The molecule has 1 aromatic heterocycles. The molecule has 0 radical (unpaired) electrons. The largest absolute Gasteiger partial charge is 0.331 e. The minimum absolute atomic E-state index is 0.0292. The number of aromatic amines is 1. The summed E-state index contributed by atoms with van der Waals surface area (Å²) in [6.45, 7) is 0.562. The van der Waals surface area contributed by atoms with Crippen LogP contribution in [-0.4, -0.2) is 22.3 Å². The van der Waals surface area contributed by atoms with E-state index in [1.165, 1.54) is 24.4 Å². The highest BCUT2D eigenvalue weighted by molar-refractivity contribution is 6.30. The minimum atomic E-state index is -0.459. The Bertz CT molecular complexity index is 757. The van der Waals surface area contributed by atoms with Crippen LogP contribution in [0.25, 0.3) is 0 Å². The molecule has 4 nitrogen and oxygen atoms in total. The summed E-state index contributed by atoms with van der Waals surface area (Å²) in [4.78, 5) is 28.6. The first-order valence-corrected chi connectivity index (χ1v) is 7.39. The van der Waals surface area contributed by atoms with Crippen molar-refractivity contribution < 1.29 is 9.18 Å². The maximum absolute atomic E-state index is 13.1. The van der Waals surface area contributed by atoms with E-state index in [4.69, 9.17) is 11.6 Å². The van der Waals surface area contributed by atoms with Gasteiger partial charge in [-0.25, -0.2) is 4.39 Å². The number of rotatable bonds is 2. The minimum Gasteiger partial charge on any atom is -0.331 e. The molecule has 0 bridgehead atoms. The van der Waals surface area contributed by atoms with Crippen LogP contribution in [0.3, 0.4) is 0 Å². The molecule has 1 aliphatic rings. The maximum atomic E-state index is 13.1. The zero-order valence-corrected chi connectivity index (χ0v) is 12.4. The molecule has 0 spiro atoms. The van der Waals surface area contributed by atoms with E-state index in [0.717, 1.165) is 18.4 Å². The zero-order chi connectivity index (χ0) is 15.7. The Morgan fingerprint density at radius 2 is 2.05 bits per heavy atom. The smallest absolute Gasteiger partial charge is 0.260 e. The number of nitrogens with zero attached hydrogens (tertiary/aromatic N) is 1. The Kier molecular flexibility index (Phi) is 3.98. The second-order valence-electron chi connectivity index (χ2n) is 5.27. The fourth-order valence-corrected chi connectivity index (χ4v) is 2.98. The van der Waals surface area contributed by atoms with Crippen LogP contribution in [0.4, 0.5) is 4.39 Å². The van der Waals surface area contributed by atoms with Crippen LogP contribution < -0.4 is 5.56 Å². The second kappa shape index (κ2) is 5.93. The van der Waals surface area contributed by atoms with Crippen LogP contribution in [0.2, 0.25) is 5.02 Å². The van der Waals surface area contributed by atoms with Crippen molar-refractivity contribution in [2.45, 2.75) is 18.9 Å². The van der Waals surface area contributed by atoms with Crippen molar-refractivity contribution in [3.05, 3.63) is 68.8 Å². The molecule has 1 N–H and O–H groups in total. The number of pyridine rings is 1. The Balaban J connectivity index is 1.92. The SMILES string of the molecule is O=C(c1cc(Cl)c[nH]c1=O)N1CCCC1c1ccc(F)cc1. The predicted molar refractivity (Wildman–Crippen MR) is 81.5 cm³/mol. The highest BCUT2D eigenvalue weighted by atomic mass is 35.5. The average molecular weight is 321 g/mol. The Morgan fingerprint density at radius 1 is 1.32 bits per heavy atom. The Hall–Kier alpha value is -2.14. The highest BCUT2D eigenvalue weighted by Gasteiger charge is 2.31. The number of benzene rings is 1. The molecule has 1 unspecified atom stereocenters. The molecule has 0 aliphatic carbocycles. The van der Waals surface area contributed by atoms with Crippen molar-refractivity contribution in [1.82, 2.24) is 9.88 Å². The van der Waals surface area contributed by atoms with Gasteiger partial charge in [-0.3, -0.25) is 9.59 Å². The summed E-state index contributed by atoms with van der Waals surface area (Å²) in [5.41, 5.74) is 0.436. The third-order valence-electron chi connectivity index (χ3n) is 3.87. The zero-order valence-electron chi connectivity index (χ0n) is 11.7. The number of carbonyl (C=O) groups is 1. The van der Waals surface area contributed by atoms with Crippen LogP contribution in [-0.2, 0) is 0 Å². The van der Waals surface area contributed by atoms with Gasteiger partial charge in [-0.2, -0.15) is 0 Å². The van der Waals surface area contributed by atoms with Crippen molar-refractivity contribution in [1.29, 1.82) is 0 Å².